The summed E-state index contributed by atoms with van der Waals surface area (Å²) in [6.45, 7) is 2.12. The highest BCUT2D eigenvalue weighted by Crippen LogP contribution is 2.20. The quantitative estimate of drug-likeness (QED) is 0.731. The lowest BCUT2D eigenvalue weighted by molar-refractivity contribution is 0.383. The normalized spacial score (nSPS) is 10.7. The second-order valence-corrected chi connectivity index (χ2v) is 5.53. The predicted octanol–water partition coefficient (Wildman–Crippen LogP) is 1.83. The van der Waals surface area contributed by atoms with Gasteiger partial charge in [-0.2, -0.15) is 0 Å². The number of halogens is 2. The fraction of sp³-hybridized carbons (Fsp3) is 0.286. The van der Waals surface area contributed by atoms with Gasteiger partial charge in [-0.15, -0.1) is 0 Å². The topological polar surface area (TPSA) is 53.2 Å². The van der Waals surface area contributed by atoms with Gasteiger partial charge in [-0.3, -0.25) is 13.9 Å². The van der Waals surface area contributed by atoms with E-state index in [4.69, 9.17) is 4.74 Å². The molecule has 0 bridgehead atoms. The molecular formula is C14H14FIN2O3. The second kappa shape index (κ2) is 6.42. The first kappa shape index (κ1) is 15.7. The molecule has 2 aromatic rings. The fourth-order valence-corrected chi connectivity index (χ4v) is 2.62. The summed E-state index contributed by atoms with van der Waals surface area (Å²) in [6, 6.07) is 4.63. The molecule has 5 nitrogen and oxygen atoms in total. The van der Waals surface area contributed by atoms with E-state index < -0.39 is 17.1 Å². The summed E-state index contributed by atoms with van der Waals surface area (Å²) in [5, 5.41) is 0. The summed E-state index contributed by atoms with van der Waals surface area (Å²) in [4.78, 5) is 24.3. The minimum Gasteiger partial charge on any atom is -0.494 e. The molecule has 0 spiro atoms. The van der Waals surface area contributed by atoms with Gasteiger partial charge in [-0.25, -0.2) is 9.18 Å². The molecule has 0 atom stereocenters. The molecule has 0 radical (unpaired) electrons. The SMILES string of the molecule is CCn1cc(I)c(=O)n(Cc2cccc(OC)c2F)c1=O. The maximum atomic E-state index is 14.2. The van der Waals surface area contributed by atoms with Crippen molar-refractivity contribution in [1.29, 1.82) is 0 Å². The van der Waals surface area contributed by atoms with Crippen LogP contribution in [-0.2, 0) is 13.1 Å². The van der Waals surface area contributed by atoms with Crippen LogP contribution in [0.3, 0.4) is 0 Å². The number of aryl methyl sites for hydroxylation is 1. The largest absolute Gasteiger partial charge is 0.494 e. The summed E-state index contributed by atoms with van der Waals surface area (Å²) in [6.07, 6.45) is 1.50. The van der Waals surface area contributed by atoms with Crippen molar-refractivity contribution in [3.63, 3.8) is 0 Å². The number of hydrogen-bond donors (Lipinski definition) is 0. The van der Waals surface area contributed by atoms with Crippen LogP contribution in [0.4, 0.5) is 4.39 Å². The van der Waals surface area contributed by atoms with Crippen molar-refractivity contribution < 1.29 is 9.13 Å². The van der Waals surface area contributed by atoms with Crippen molar-refractivity contribution in [1.82, 2.24) is 9.13 Å². The first-order valence-corrected chi connectivity index (χ1v) is 7.38. The van der Waals surface area contributed by atoms with Gasteiger partial charge in [0.25, 0.3) is 5.56 Å². The third kappa shape index (κ3) is 3.02. The van der Waals surface area contributed by atoms with E-state index in [0.29, 0.717) is 10.1 Å². The number of nitrogens with zero attached hydrogens (tertiary/aromatic N) is 2. The Bertz CT molecular complexity index is 783. The van der Waals surface area contributed by atoms with Crippen LogP contribution < -0.4 is 16.0 Å². The number of ether oxygens (including phenoxy) is 1. The number of aromatic nitrogens is 2. The summed E-state index contributed by atoms with van der Waals surface area (Å²) < 4.78 is 21.9. The van der Waals surface area contributed by atoms with Crippen LogP contribution in [0.2, 0.25) is 0 Å². The van der Waals surface area contributed by atoms with Gasteiger partial charge in [0.05, 0.1) is 17.2 Å². The standard InChI is InChI=1S/C14H14FIN2O3/c1-3-17-8-10(16)13(19)18(14(17)20)7-9-5-4-6-11(21-2)12(9)15/h4-6,8H,3,7H2,1-2H3. The zero-order valence-corrected chi connectivity index (χ0v) is 13.8. The Kier molecular flexibility index (Phi) is 4.81. The molecule has 0 saturated heterocycles. The van der Waals surface area contributed by atoms with Gasteiger partial charge < -0.3 is 4.74 Å². The van der Waals surface area contributed by atoms with Crippen LogP contribution in [0.5, 0.6) is 5.75 Å². The van der Waals surface area contributed by atoms with Crippen LogP contribution >= 0.6 is 22.6 Å². The van der Waals surface area contributed by atoms with Crippen molar-refractivity contribution in [3.05, 3.63) is 60.2 Å². The van der Waals surface area contributed by atoms with Crippen molar-refractivity contribution in [2.24, 2.45) is 0 Å². The molecule has 0 N–H and O–H groups in total. The Morgan fingerprint density at radius 1 is 1.33 bits per heavy atom. The zero-order chi connectivity index (χ0) is 15.6. The number of hydrogen-bond acceptors (Lipinski definition) is 3. The van der Waals surface area contributed by atoms with Gasteiger partial charge >= 0.3 is 5.69 Å². The van der Waals surface area contributed by atoms with E-state index in [0.717, 1.165) is 4.57 Å². The van der Waals surface area contributed by atoms with Gasteiger partial charge in [0.15, 0.2) is 11.6 Å². The lowest BCUT2D eigenvalue weighted by atomic mass is 10.2. The van der Waals surface area contributed by atoms with E-state index in [1.54, 1.807) is 13.0 Å². The lowest BCUT2D eigenvalue weighted by Gasteiger charge is -2.11. The van der Waals surface area contributed by atoms with Crippen LogP contribution in [-0.4, -0.2) is 16.2 Å². The molecule has 112 valence electrons. The summed E-state index contributed by atoms with van der Waals surface area (Å²) >= 11 is 1.87. The van der Waals surface area contributed by atoms with E-state index in [9.17, 15) is 14.0 Å². The summed E-state index contributed by atoms with van der Waals surface area (Å²) in [7, 11) is 1.36. The molecule has 7 heteroatoms. The van der Waals surface area contributed by atoms with Crippen LogP contribution in [0.1, 0.15) is 12.5 Å². The van der Waals surface area contributed by atoms with E-state index in [1.807, 2.05) is 22.6 Å². The predicted molar refractivity (Wildman–Crippen MR) is 85.4 cm³/mol. The molecule has 0 aliphatic rings. The molecule has 1 aromatic heterocycles. The molecule has 1 heterocycles. The zero-order valence-electron chi connectivity index (χ0n) is 11.6. The first-order chi connectivity index (χ1) is 9.99. The molecule has 0 saturated carbocycles. The van der Waals surface area contributed by atoms with E-state index in [2.05, 4.69) is 0 Å². The molecule has 2 rings (SSSR count). The lowest BCUT2D eigenvalue weighted by Crippen LogP contribution is -2.41. The molecule has 0 amide bonds. The molecule has 0 aliphatic carbocycles. The van der Waals surface area contributed by atoms with Crippen molar-refractivity contribution >= 4 is 22.6 Å². The Balaban J connectivity index is 2.57. The van der Waals surface area contributed by atoms with Crippen molar-refractivity contribution in [2.75, 3.05) is 7.11 Å². The Morgan fingerprint density at radius 3 is 2.67 bits per heavy atom. The molecular weight excluding hydrogens is 390 g/mol. The number of rotatable bonds is 4. The molecule has 0 fully saturated rings. The highest BCUT2D eigenvalue weighted by molar-refractivity contribution is 14.1. The minimum absolute atomic E-state index is 0.0852. The Labute approximate surface area is 134 Å². The number of methoxy groups -OCH3 is 1. The third-order valence-electron chi connectivity index (χ3n) is 3.13. The average Bonchev–Trinajstić information content (AvgIpc) is 2.49. The van der Waals surface area contributed by atoms with E-state index in [-0.39, 0.29) is 17.9 Å². The van der Waals surface area contributed by atoms with E-state index >= 15 is 0 Å². The average molecular weight is 404 g/mol. The Morgan fingerprint density at radius 2 is 2.05 bits per heavy atom. The van der Waals surface area contributed by atoms with Crippen LogP contribution in [0.15, 0.2) is 34.0 Å². The first-order valence-electron chi connectivity index (χ1n) is 6.30. The molecule has 0 unspecified atom stereocenters. The number of benzene rings is 1. The highest BCUT2D eigenvalue weighted by atomic mass is 127. The van der Waals surface area contributed by atoms with Gasteiger partial charge in [0.2, 0.25) is 0 Å². The van der Waals surface area contributed by atoms with Crippen LogP contribution in [0, 0.1) is 9.39 Å². The monoisotopic (exact) mass is 404 g/mol. The molecule has 1 aromatic carbocycles. The third-order valence-corrected chi connectivity index (χ3v) is 3.87. The van der Waals surface area contributed by atoms with Crippen molar-refractivity contribution in [3.8, 4) is 5.75 Å². The van der Waals surface area contributed by atoms with Gasteiger partial charge in [-0.1, -0.05) is 12.1 Å². The van der Waals surface area contributed by atoms with E-state index in [1.165, 1.54) is 30.0 Å². The molecule has 21 heavy (non-hydrogen) atoms. The molecule has 0 aliphatic heterocycles. The Hall–Kier alpha value is -1.64. The fourth-order valence-electron chi connectivity index (χ4n) is 1.99. The second-order valence-electron chi connectivity index (χ2n) is 4.37. The van der Waals surface area contributed by atoms with Crippen molar-refractivity contribution in [2.45, 2.75) is 20.0 Å². The maximum absolute atomic E-state index is 14.2. The maximum Gasteiger partial charge on any atom is 0.331 e. The minimum atomic E-state index is -0.562. The highest BCUT2D eigenvalue weighted by Gasteiger charge is 2.13. The van der Waals surface area contributed by atoms with Crippen LogP contribution in [0.25, 0.3) is 0 Å². The van der Waals surface area contributed by atoms with Gasteiger partial charge in [0, 0.05) is 18.3 Å². The summed E-state index contributed by atoms with van der Waals surface area (Å²) in [5.41, 5.74) is -0.643. The van der Waals surface area contributed by atoms with Gasteiger partial charge in [0.1, 0.15) is 0 Å². The summed E-state index contributed by atoms with van der Waals surface area (Å²) in [5.74, 6) is -0.477. The smallest absolute Gasteiger partial charge is 0.331 e. The van der Waals surface area contributed by atoms with Gasteiger partial charge in [-0.05, 0) is 35.6 Å².